The van der Waals surface area contributed by atoms with E-state index < -0.39 is 5.97 Å². The second-order valence-corrected chi connectivity index (χ2v) is 6.25. The van der Waals surface area contributed by atoms with Gasteiger partial charge in [-0.25, -0.2) is 9.78 Å². The Morgan fingerprint density at radius 2 is 2.29 bits per heavy atom. The molecule has 4 aromatic heterocycles. The number of hydrogen-bond acceptors (Lipinski definition) is 5. The Labute approximate surface area is 145 Å². The van der Waals surface area contributed by atoms with E-state index in [1.807, 2.05) is 34.2 Å². The van der Waals surface area contributed by atoms with E-state index in [1.54, 1.807) is 16.8 Å². The lowest BCUT2D eigenvalue weighted by Gasteiger charge is -2.03. The SMILES string of the molecule is N#Cc1c(COC(=O)c2c(Cl)nc3sccn23)cn2ccccc12. The Bertz CT molecular complexity index is 1120. The first-order valence-corrected chi connectivity index (χ1v) is 8.21. The standard InChI is InChI=1S/C16H9ClN4O2S/c17-14-13(21-5-6-24-16(21)19-14)15(22)23-9-10-8-20-4-2-1-3-12(20)11(10)7-18/h1-6,8H,9H2. The zero-order valence-electron chi connectivity index (χ0n) is 12.1. The van der Waals surface area contributed by atoms with Crippen LogP contribution in [0.2, 0.25) is 5.15 Å². The van der Waals surface area contributed by atoms with Crippen LogP contribution in [0.5, 0.6) is 0 Å². The zero-order valence-corrected chi connectivity index (χ0v) is 13.7. The van der Waals surface area contributed by atoms with Gasteiger partial charge >= 0.3 is 5.97 Å². The van der Waals surface area contributed by atoms with Gasteiger partial charge < -0.3 is 9.14 Å². The maximum Gasteiger partial charge on any atom is 0.358 e. The summed E-state index contributed by atoms with van der Waals surface area (Å²) in [7, 11) is 0. The molecule has 4 heterocycles. The molecule has 0 aliphatic rings. The molecule has 6 nitrogen and oxygen atoms in total. The smallest absolute Gasteiger partial charge is 0.358 e. The number of ether oxygens (including phenoxy) is 1. The highest BCUT2D eigenvalue weighted by Gasteiger charge is 2.21. The minimum atomic E-state index is -0.579. The number of pyridine rings is 1. The summed E-state index contributed by atoms with van der Waals surface area (Å²) < 4.78 is 8.78. The molecule has 0 atom stereocenters. The van der Waals surface area contributed by atoms with E-state index >= 15 is 0 Å². The molecule has 118 valence electrons. The van der Waals surface area contributed by atoms with E-state index in [9.17, 15) is 10.1 Å². The molecule has 0 radical (unpaired) electrons. The van der Waals surface area contributed by atoms with Crippen LogP contribution in [0.3, 0.4) is 0 Å². The van der Waals surface area contributed by atoms with Crippen molar-refractivity contribution in [3.8, 4) is 6.07 Å². The van der Waals surface area contributed by atoms with E-state index in [2.05, 4.69) is 11.1 Å². The van der Waals surface area contributed by atoms with Gasteiger partial charge in [0.1, 0.15) is 12.7 Å². The summed E-state index contributed by atoms with van der Waals surface area (Å²) in [6, 6.07) is 7.72. The number of nitrogens with zero attached hydrogens (tertiary/aromatic N) is 4. The van der Waals surface area contributed by atoms with Gasteiger partial charge in [0.2, 0.25) is 0 Å². The Hall–Kier alpha value is -2.82. The van der Waals surface area contributed by atoms with Crippen molar-refractivity contribution in [2.75, 3.05) is 0 Å². The second-order valence-electron chi connectivity index (χ2n) is 5.02. The van der Waals surface area contributed by atoms with E-state index in [4.69, 9.17) is 16.3 Å². The van der Waals surface area contributed by atoms with Crippen LogP contribution in [0.25, 0.3) is 10.5 Å². The number of carbonyl (C=O) groups excluding carboxylic acids is 1. The normalized spacial score (nSPS) is 11.0. The number of aromatic nitrogens is 3. The minimum absolute atomic E-state index is 0.0168. The molecule has 0 unspecified atom stereocenters. The highest BCUT2D eigenvalue weighted by molar-refractivity contribution is 7.15. The molecule has 0 aromatic carbocycles. The van der Waals surface area contributed by atoms with Gasteiger partial charge in [-0.15, -0.1) is 11.3 Å². The molecule has 0 amide bonds. The van der Waals surface area contributed by atoms with Crippen LogP contribution in [0, 0.1) is 11.3 Å². The first-order chi connectivity index (χ1) is 11.7. The van der Waals surface area contributed by atoms with Crippen molar-refractivity contribution in [2.45, 2.75) is 6.61 Å². The number of halogens is 1. The van der Waals surface area contributed by atoms with Gasteiger partial charge in [0, 0.05) is 29.5 Å². The molecular weight excluding hydrogens is 348 g/mol. The fourth-order valence-corrected chi connectivity index (χ4v) is 3.58. The number of hydrogen-bond donors (Lipinski definition) is 0. The maximum atomic E-state index is 12.4. The van der Waals surface area contributed by atoms with Crippen LogP contribution in [0.4, 0.5) is 0 Å². The Morgan fingerprint density at radius 1 is 1.42 bits per heavy atom. The van der Waals surface area contributed by atoms with Gasteiger partial charge in [0.15, 0.2) is 15.8 Å². The molecule has 0 fully saturated rings. The lowest BCUT2D eigenvalue weighted by molar-refractivity contribution is 0.0464. The third-order valence-corrected chi connectivity index (χ3v) is 4.67. The van der Waals surface area contributed by atoms with Crippen LogP contribution in [0.15, 0.2) is 42.2 Å². The average Bonchev–Trinajstić information content (AvgIpc) is 3.23. The maximum absolute atomic E-state index is 12.4. The van der Waals surface area contributed by atoms with Gasteiger partial charge in [-0.3, -0.25) is 4.40 Å². The summed E-state index contributed by atoms with van der Waals surface area (Å²) in [6.45, 7) is -0.0168. The van der Waals surface area contributed by atoms with Crippen molar-refractivity contribution in [1.29, 1.82) is 5.26 Å². The van der Waals surface area contributed by atoms with E-state index in [0.717, 1.165) is 5.52 Å². The number of fused-ring (bicyclic) bond motifs is 2. The second kappa shape index (κ2) is 5.67. The van der Waals surface area contributed by atoms with Crippen LogP contribution in [-0.4, -0.2) is 19.8 Å². The number of esters is 1. The minimum Gasteiger partial charge on any atom is -0.456 e. The third-order valence-electron chi connectivity index (χ3n) is 3.65. The molecule has 24 heavy (non-hydrogen) atoms. The lowest BCUT2D eigenvalue weighted by atomic mass is 10.2. The predicted octanol–water partition coefficient (Wildman–Crippen LogP) is 3.53. The Morgan fingerprint density at radius 3 is 3.12 bits per heavy atom. The average molecular weight is 357 g/mol. The summed E-state index contributed by atoms with van der Waals surface area (Å²) in [4.78, 5) is 17.1. The first-order valence-electron chi connectivity index (χ1n) is 6.96. The van der Waals surface area contributed by atoms with Crippen molar-refractivity contribution < 1.29 is 9.53 Å². The molecule has 4 aromatic rings. The lowest BCUT2D eigenvalue weighted by Crippen LogP contribution is -2.08. The van der Waals surface area contributed by atoms with Crippen LogP contribution in [-0.2, 0) is 11.3 Å². The van der Waals surface area contributed by atoms with Gasteiger partial charge in [0.05, 0.1) is 11.1 Å². The summed E-state index contributed by atoms with van der Waals surface area (Å²) in [5.41, 5.74) is 2.09. The van der Waals surface area contributed by atoms with Gasteiger partial charge in [-0.2, -0.15) is 5.26 Å². The molecule has 0 bridgehead atoms. The van der Waals surface area contributed by atoms with Crippen LogP contribution < -0.4 is 0 Å². The van der Waals surface area contributed by atoms with Crippen molar-refractivity contribution in [2.24, 2.45) is 0 Å². The number of nitriles is 1. The van der Waals surface area contributed by atoms with Gasteiger partial charge in [-0.1, -0.05) is 17.7 Å². The van der Waals surface area contributed by atoms with Crippen molar-refractivity contribution in [1.82, 2.24) is 13.8 Å². The third kappa shape index (κ3) is 2.24. The predicted molar refractivity (Wildman–Crippen MR) is 89.3 cm³/mol. The molecule has 0 saturated carbocycles. The van der Waals surface area contributed by atoms with Gasteiger partial charge in [0.25, 0.3) is 0 Å². The van der Waals surface area contributed by atoms with Gasteiger partial charge in [-0.05, 0) is 12.1 Å². The molecule has 4 rings (SSSR count). The number of rotatable bonds is 3. The topological polar surface area (TPSA) is 71.8 Å². The van der Waals surface area contributed by atoms with Crippen LogP contribution >= 0.6 is 22.9 Å². The highest BCUT2D eigenvalue weighted by Crippen LogP contribution is 2.23. The number of imidazole rings is 1. The van der Waals surface area contributed by atoms with E-state index in [-0.39, 0.29) is 17.5 Å². The summed E-state index contributed by atoms with van der Waals surface area (Å²) in [6.07, 6.45) is 5.33. The van der Waals surface area contributed by atoms with E-state index in [0.29, 0.717) is 16.1 Å². The summed E-state index contributed by atoms with van der Waals surface area (Å²) in [5, 5.41) is 11.3. The molecule has 0 N–H and O–H groups in total. The summed E-state index contributed by atoms with van der Waals surface area (Å²) >= 11 is 7.40. The summed E-state index contributed by atoms with van der Waals surface area (Å²) in [5.74, 6) is -0.579. The molecule has 0 saturated heterocycles. The zero-order chi connectivity index (χ0) is 16.7. The van der Waals surface area contributed by atoms with Crippen LogP contribution in [0.1, 0.15) is 21.6 Å². The van der Waals surface area contributed by atoms with E-state index in [1.165, 1.54) is 11.3 Å². The number of thiazole rings is 1. The largest absolute Gasteiger partial charge is 0.456 e. The fourth-order valence-electron chi connectivity index (χ4n) is 2.57. The molecule has 8 heteroatoms. The molecule has 0 spiro atoms. The Kier molecular flexibility index (Phi) is 3.49. The number of carbonyl (C=O) groups is 1. The quantitative estimate of drug-likeness (QED) is 0.526. The first kappa shape index (κ1) is 14.8. The van der Waals surface area contributed by atoms with Crippen molar-refractivity contribution in [3.05, 3.63) is 64.1 Å². The van der Waals surface area contributed by atoms with Crippen molar-refractivity contribution >= 4 is 39.4 Å². The molecule has 0 aliphatic carbocycles. The molecular formula is C16H9ClN4O2S. The molecule has 0 aliphatic heterocycles. The Balaban J connectivity index is 1.63. The fraction of sp³-hybridized carbons (Fsp3) is 0.0625. The monoisotopic (exact) mass is 356 g/mol. The highest BCUT2D eigenvalue weighted by atomic mass is 35.5. The van der Waals surface area contributed by atoms with Crippen molar-refractivity contribution in [3.63, 3.8) is 0 Å².